The van der Waals surface area contributed by atoms with Crippen molar-refractivity contribution in [3.8, 4) is 0 Å². The lowest BCUT2D eigenvalue weighted by Gasteiger charge is -2.23. The zero-order chi connectivity index (χ0) is 14.5. The van der Waals surface area contributed by atoms with Gasteiger partial charge >= 0.3 is 0 Å². The Balaban J connectivity index is 2.25. The number of likely N-dealkylation sites (N-methyl/N-ethyl adjacent to an activating group) is 1. The van der Waals surface area contributed by atoms with Gasteiger partial charge < -0.3 is 15.5 Å². The zero-order valence-electron chi connectivity index (χ0n) is 12.4. The predicted molar refractivity (Wildman–Crippen MR) is 80.1 cm³/mol. The van der Waals surface area contributed by atoms with Gasteiger partial charge in [0.05, 0.1) is 6.54 Å². The van der Waals surface area contributed by atoms with Gasteiger partial charge in [0.1, 0.15) is 17.5 Å². The summed E-state index contributed by atoms with van der Waals surface area (Å²) >= 11 is 0. The Morgan fingerprint density at radius 3 is 2.70 bits per heavy atom. The van der Waals surface area contributed by atoms with Crippen molar-refractivity contribution in [2.24, 2.45) is 0 Å². The monoisotopic (exact) mass is 277 g/mol. The topological polar surface area (TPSA) is 70.2 Å². The van der Waals surface area contributed by atoms with Gasteiger partial charge in [-0.15, -0.1) is 0 Å². The molecular formula is C14H23N5O. The van der Waals surface area contributed by atoms with E-state index in [0.717, 1.165) is 43.3 Å². The minimum atomic E-state index is -0.00366. The van der Waals surface area contributed by atoms with E-state index in [1.165, 1.54) is 0 Å². The standard InChI is InChI=1S/C14H23N5O/c1-4-7-19(9-13(20)16-3)12-8-11(15-2)17-14(18-12)10-5-6-10/h8,10H,4-7,9H2,1-3H3,(H,16,20)(H,15,17,18). The maximum Gasteiger partial charge on any atom is 0.239 e. The number of hydrogen-bond acceptors (Lipinski definition) is 5. The van der Waals surface area contributed by atoms with Crippen LogP contribution in [0.4, 0.5) is 11.6 Å². The van der Waals surface area contributed by atoms with E-state index < -0.39 is 0 Å². The molecule has 1 saturated carbocycles. The SMILES string of the molecule is CCCN(CC(=O)NC)c1cc(NC)nc(C2CC2)n1. The van der Waals surface area contributed by atoms with Crippen LogP contribution in [0.15, 0.2) is 6.07 Å². The molecule has 6 nitrogen and oxygen atoms in total. The molecule has 0 aliphatic heterocycles. The minimum absolute atomic E-state index is 0.00366. The first kappa shape index (κ1) is 14.6. The number of anilines is 2. The highest BCUT2D eigenvalue weighted by molar-refractivity contribution is 5.80. The highest BCUT2D eigenvalue weighted by Gasteiger charge is 2.28. The van der Waals surface area contributed by atoms with Crippen LogP contribution in [0.2, 0.25) is 0 Å². The molecule has 0 spiro atoms. The van der Waals surface area contributed by atoms with Crippen LogP contribution in [0.1, 0.15) is 37.9 Å². The fourth-order valence-electron chi connectivity index (χ4n) is 2.06. The molecule has 2 rings (SSSR count). The number of rotatable bonds is 7. The molecular weight excluding hydrogens is 254 g/mol. The van der Waals surface area contributed by atoms with Crippen molar-refractivity contribution in [1.82, 2.24) is 15.3 Å². The van der Waals surface area contributed by atoms with Gasteiger partial charge in [0.2, 0.25) is 5.91 Å². The second kappa shape index (κ2) is 6.54. The van der Waals surface area contributed by atoms with Crippen LogP contribution >= 0.6 is 0 Å². The molecule has 1 fully saturated rings. The van der Waals surface area contributed by atoms with Crippen LogP contribution < -0.4 is 15.5 Å². The van der Waals surface area contributed by atoms with E-state index in [0.29, 0.717) is 12.5 Å². The molecule has 2 N–H and O–H groups in total. The summed E-state index contributed by atoms with van der Waals surface area (Å²) in [7, 11) is 3.51. The van der Waals surface area contributed by atoms with E-state index in [4.69, 9.17) is 0 Å². The van der Waals surface area contributed by atoms with Crippen LogP contribution in [-0.2, 0) is 4.79 Å². The number of carbonyl (C=O) groups excluding carboxylic acids is 1. The molecule has 0 bridgehead atoms. The van der Waals surface area contributed by atoms with Crippen molar-refractivity contribution in [3.05, 3.63) is 11.9 Å². The van der Waals surface area contributed by atoms with E-state index in [9.17, 15) is 4.79 Å². The molecule has 0 unspecified atom stereocenters. The normalized spacial score (nSPS) is 13.9. The summed E-state index contributed by atoms with van der Waals surface area (Å²) in [5.41, 5.74) is 0. The number of amides is 1. The van der Waals surface area contributed by atoms with Gasteiger partial charge in [-0.3, -0.25) is 4.79 Å². The highest BCUT2D eigenvalue weighted by Crippen LogP contribution is 2.39. The van der Waals surface area contributed by atoms with Gasteiger partial charge in [0, 0.05) is 32.6 Å². The zero-order valence-corrected chi connectivity index (χ0v) is 12.4. The summed E-state index contributed by atoms with van der Waals surface area (Å²) in [5.74, 6) is 3.03. The molecule has 110 valence electrons. The first-order chi connectivity index (χ1) is 9.67. The number of hydrogen-bond donors (Lipinski definition) is 2. The van der Waals surface area contributed by atoms with Crippen molar-refractivity contribution in [2.45, 2.75) is 32.1 Å². The maximum atomic E-state index is 11.6. The number of nitrogens with zero attached hydrogens (tertiary/aromatic N) is 3. The summed E-state index contributed by atoms with van der Waals surface area (Å²) in [6, 6.07) is 1.91. The first-order valence-electron chi connectivity index (χ1n) is 7.20. The Morgan fingerprint density at radius 1 is 1.40 bits per heavy atom. The molecule has 1 amide bonds. The maximum absolute atomic E-state index is 11.6. The largest absolute Gasteiger partial charge is 0.373 e. The van der Waals surface area contributed by atoms with Crippen molar-refractivity contribution in [2.75, 3.05) is 37.4 Å². The van der Waals surface area contributed by atoms with E-state index >= 15 is 0 Å². The third kappa shape index (κ3) is 3.59. The second-order valence-electron chi connectivity index (χ2n) is 5.09. The Labute approximate surface area is 120 Å². The van der Waals surface area contributed by atoms with E-state index in [1.54, 1.807) is 7.05 Å². The third-order valence-corrected chi connectivity index (χ3v) is 3.36. The van der Waals surface area contributed by atoms with Crippen molar-refractivity contribution in [3.63, 3.8) is 0 Å². The molecule has 6 heteroatoms. The fourth-order valence-corrected chi connectivity index (χ4v) is 2.06. The average Bonchev–Trinajstić information content (AvgIpc) is 3.30. The lowest BCUT2D eigenvalue weighted by atomic mass is 10.3. The highest BCUT2D eigenvalue weighted by atomic mass is 16.1. The van der Waals surface area contributed by atoms with E-state index in [1.807, 2.05) is 18.0 Å². The molecule has 0 radical (unpaired) electrons. The molecule has 1 heterocycles. The molecule has 20 heavy (non-hydrogen) atoms. The molecule has 1 aromatic rings. The Hall–Kier alpha value is -1.85. The minimum Gasteiger partial charge on any atom is -0.373 e. The Kier molecular flexibility index (Phi) is 4.76. The lowest BCUT2D eigenvalue weighted by Crippen LogP contribution is -2.36. The van der Waals surface area contributed by atoms with Crippen LogP contribution in [0, 0.1) is 0 Å². The Morgan fingerprint density at radius 2 is 2.15 bits per heavy atom. The summed E-state index contributed by atoms with van der Waals surface area (Å²) in [4.78, 5) is 22.8. The average molecular weight is 277 g/mol. The van der Waals surface area contributed by atoms with Gasteiger partial charge in [0.15, 0.2) is 0 Å². The van der Waals surface area contributed by atoms with Gasteiger partial charge in [-0.2, -0.15) is 0 Å². The fraction of sp³-hybridized carbons (Fsp3) is 0.643. The van der Waals surface area contributed by atoms with E-state index in [-0.39, 0.29) is 5.91 Å². The summed E-state index contributed by atoms with van der Waals surface area (Å²) < 4.78 is 0. The van der Waals surface area contributed by atoms with Crippen LogP contribution in [0.25, 0.3) is 0 Å². The van der Waals surface area contributed by atoms with Gasteiger partial charge in [-0.05, 0) is 19.3 Å². The molecule has 0 aromatic carbocycles. The van der Waals surface area contributed by atoms with Gasteiger partial charge in [0.25, 0.3) is 0 Å². The van der Waals surface area contributed by atoms with Crippen molar-refractivity contribution < 1.29 is 4.79 Å². The number of aromatic nitrogens is 2. The predicted octanol–water partition coefficient (Wildman–Crippen LogP) is 1.36. The quantitative estimate of drug-likeness (QED) is 0.787. The lowest BCUT2D eigenvalue weighted by molar-refractivity contribution is -0.119. The molecule has 1 aliphatic rings. The van der Waals surface area contributed by atoms with Crippen LogP contribution in [0.5, 0.6) is 0 Å². The van der Waals surface area contributed by atoms with E-state index in [2.05, 4.69) is 27.5 Å². The molecule has 0 atom stereocenters. The van der Waals surface area contributed by atoms with Crippen LogP contribution in [0.3, 0.4) is 0 Å². The number of nitrogens with one attached hydrogen (secondary N) is 2. The summed E-state index contributed by atoms with van der Waals surface area (Å²) in [5, 5.41) is 5.74. The first-order valence-corrected chi connectivity index (χ1v) is 7.20. The molecule has 1 aromatic heterocycles. The van der Waals surface area contributed by atoms with Gasteiger partial charge in [-0.1, -0.05) is 6.92 Å². The second-order valence-corrected chi connectivity index (χ2v) is 5.09. The third-order valence-electron chi connectivity index (χ3n) is 3.36. The molecule has 1 aliphatic carbocycles. The smallest absolute Gasteiger partial charge is 0.239 e. The van der Waals surface area contributed by atoms with Crippen molar-refractivity contribution >= 4 is 17.5 Å². The number of carbonyl (C=O) groups is 1. The molecule has 0 saturated heterocycles. The van der Waals surface area contributed by atoms with Crippen molar-refractivity contribution in [1.29, 1.82) is 0 Å². The summed E-state index contributed by atoms with van der Waals surface area (Å²) in [6.45, 7) is 3.23. The summed E-state index contributed by atoms with van der Waals surface area (Å²) in [6.07, 6.45) is 3.29. The van der Waals surface area contributed by atoms with Gasteiger partial charge in [-0.25, -0.2) is 9.97 Å². The van der Waals surface area contributed by atoms with Crippen LogP contribution in [-0.4, -0.2) is 43.1 Å². The Bertz CT molecular complexity index is 473.